The number of aromatic nitrogens is 4. The number of amides is 1. The van der Waals surface area contributed by atoms with Crippen LogP contribution in [0.15, 0.2) is 24.4 Å². The Hall–Kier alpha value is -2.02. The third-order valence-corrected chi connectivity index (χ3v) is 2.97. The molecule has 0 saturated carbocycles. The maximum Gasteiger partial charge on any atom is 0.240 e. The van der Waals surface area contributed by atoms with E-state index in [1.807, 2.05) is 32.0 Å². The molecule has 20 heavy (non-hydrogen) atoms. The van der Waals surface area contributed by atoms with Crippen molar-refractivity contribution in [2.75, 3.05) is 6.54 Å². The molecule has 2 aromatic heterocycles. The Morgan fingerprint density at radius 2 is 2.30 bits per heavy atom. The van der Waals surface area contributed by atoms with E-state index in [-0.39, 0.29) is 12.5 Å². The quantitative estimate of drug-likeness (QED) is 0.823. The van der Waals surface area contributed by atoms with Crippen molar-refractivity contribution in [3.8, 4) is 11.5 Å². The number of hydrogen-bond acceptors (Lipinski definition) is 4. The van der Waals surface area contributed by atoms with Gasteiger partial charge >= 0.3 is 0 Å². The van der Waals surface area contributed by atoms with E-state index in [0.717, 1.165) is 0 Å². The third-order valence-electron chi connectivity index (χ3n) is 2.66. The van der Waals surface area contributed by atoms with Crippen molar-refractivity contribution < 1.29 is 4.79 Å². The highest BCUT2D eigenvalue weighted by Crippen LogP contribution is 2.13. The Kier molecular flexibility index (Phi) is 4.62. The summed E-state index contributed by atoms with van der Waals surface area (Å²) in [6.45, 7) is 4.86. The van der Waals surface area contributed by atoms with E-state index in [2.05, 4.69) is 20.5 Å². The van der Waals surface area contributed by atoms with Crippen LogP contribution >= 0.6 is 12.2 Å². The third kappa shape index (κ3) is 3.51. The summed E-state index contributed by atoms with van der Waals surface area (Å²) in [4.78, 5) is 16.1. The van der Waals surface area contributed by atoms with Gasteiger partial charge in [0.2, 0.25) is 5.91 Å². The van der Waals surface area contributed by atoms with Gasteiger partial charge in [0.1, 0.15) is 12.2 Å². The molecule has 2 rings (SSSR count). The molecule has 2 heterocycles. The van der Waals surface area contributed by atoms with Gasteiger partial charge < -0.3 is 5.32 Å². The van der Waals surface area contributed by atoms with Crippen molar-refractivity contribution in [1.82, 2.24) is 25.1 Å². The number of hydrogen-bond donors (Lipinski definition) is 2. The van der Waals surface area contributed by atoms with E-state index >= 15 is 0 Å². The number of carbonyl (C=O) groups excluding carboxylic acids is 1. The first-order chi connectivity index (χ1) is 9.58. The molecule has 0 aromatic carbocycles. The summed E-state index contributed by atoms with van der Waals surface area (Å²) >= 11 is 5.16. The topological polar surface area (TPSA) is 75.6 Å². The van der Waals surface area contributed by atoms with Gasteiger partial charge in [0.05, 0.1) is 0 Å². The van der Waals surface area contributed by atoms with Crippen LogP contribution in [-0.2, 0) is 11.3 Å². The summed E-state index contributed by atoms with van der Waals surface area (Å²) in [5.74, 6) is 0.884. The highest BCUT2D eigenvalue weighted by atomic mass is 32.1. The second kappa shape index (κ2) is 6.42. The summed E-state index contributed by atoms with van der Waals surface area (Å²) in [6.07, 6.45) is 1.68. The fourth-order valence-electron chi connectivity index (χ4n) is 1.67. The maximum absolute atomic E-state index is 11.9. The molecule has 0 atom stereocenters. The van der Waals surface area contributed by atoms with Gasteiger partial charge in [0.25, 0.3) is 0 Å². The SMILES string of the molecule is CC(C)CNC(=O)Cn1c(-c2ccccn2)n[nH]c1=S. The summed E-state index contributed by atoms with van der Waals surface area (Å²) < 4.78 is 2.05. The molecular weight excluding hydrogens is 274 g/mol. The average molecular weight is 291 g/mol. The number of H-pyrrole nitrogens is 1. The highest BCUT2D eigenvalue weighted by Gasteiger charge is 2.12. The number of rotatable bonds is 5. The lowest BCUT2D eigenvalue weighted by Crippen LogP contribution is -2.30. The Bertz CT molecular complexity index is 632. The first kappa shape index (κ1) is 14.4. The average Bonchev–Trinajstić information content (AvgIpc) is 2.79. The van der Waals surface area contributed by atoms with Crippen molar-refractivity contribution in [3.05, 3.63) is 29.2 Å². The zero-order valence-electron chi connectivity index (χ0n) is 11.5. The number of aromatic amines is 1. The Balaban J connectivity index is 2.18. The fraction of sp³-hybridized carbons (Fsp3) is 0.385. The van der Waals surface area contributed by atoms with Crippen molar-refractivity contribution in [3.63, 3.8) is 0 Å². The first-order valence-corrected chi connectivity index (χ1v) is 6.82. The summed E-state index contributed by atoms with van der Waals surface area (Å²) in [5.41, 5.74) is 0.677. The molecule has 7 heteroatoms. The van der Waals surface area contributed by atoms with Crippen LogP contribution in [0.2, 0.25) is 0 Å². The number of nitrogens with zero attached hydrogens (tertiary/aromatic N) is 3. The predicted molar refractivity (Wildman–Crippen MR) is 78.5 cm³/mol. The van der Waals surface area contributed by atoms with Crippen LogP contribution in [0.1, 0.15) is 13.8 Å². The van der Waals surface area contributed by atoms with Crippen LogP contribution in [-0.4, -0.2) is 32.2 Å². The van der Waals surface area contributed by atoms with Gasteiger partial charge in [-0.25, -0.2) is 0 Å². The van der Waals surface area contributed by atoms with Gasteiger partial charge in [0, 0.05) is 12.7 Å². The van der Waals surface area contributed by atoms with Crippen LogP contribution in [0, 0.1) is 10.7 Å². The molecule has 0 spiro atoms. The van der Waals surface area contributed by atoms with Gasteiger partial charge in [-0.15, -0.1) is 0 Å². The van der Waals surface area contributed by atoms with E-state index in [0.29, 0.717) is 28.8 Å². The van der Waals surface area contributed by atoms with Crippen LogP contribution in [0.25, 0.3) is 11.5 Å². The molecule has 0 aliphatic carbocycles. The standard InChI is InChI=1S/C13H17N5OS/c1-9(2)7-15-11(19)8-18-12(16-17-13(18)20)10-5-3-4-6-14-10/h3-6,9H,7-8H2,1-2H3,(H,15,19)(H,17,20). The van der Waals surface area contributed by atoms with E-state index < -0.39 is 0 Å². The monoisotopic (exact) mass is 291 g/mol. The molecule has 0 unspecified atom stereocenters. The molecule has 0 saturated heterocycles. The van der Waals surface area contributed by atoms with E-state index in [1.54, 1.807) is 10.8 Å². The molecule has 0 radical (unpaired) electrons. The molecular formula is C13H17N5OS. The zero-order valence-corrected chi connectivity index (χ0v) is 12.3. The number of nitrogens with one attached hydrogen (secondary N) is 2. The second-order valence-electron chi connectivity index (χ2n) is 4.85. The van der Waals surface area contributed by atoms with Crippen LogP contribution in [0.4, 0.5) is 0 Å². The normalized spacial score (nSPS) is 10.8. The van der Waals surface area contributed by atoms with Crippen molar-refractivity contribution in [1.29, 1.82) is 0 Å². The van der Waals surface area contributed by atoms with Crippen molar-refractivity contribution in [2.24, 2.45) is 5.92 Å². The minimum Gasteiger partial charge on any atom is -0.354 e. The first-order valence-electron chi connectivity index (χ1n) is 6.41. The van der Waals surface area contributed by atoms with Gasteiger partial charge in [-0.3, -0.25) is 19.4 Å². The summed E-state index contributed by atoms with van der Waals surface area (Å²) in [7, 11) is 0. The zero-order chi connectivity index (χ0) is 14.5. The smallest absolute Gasteiger partial charge is 0.240 e. The Labute approximate surface area is 122 Å². The molecule has 106 valence electrons. The van der Waals surface area contributed by atoms with E-state index in [4.69, 9.17) is 12.2 Å². The lowest BCUT2D eigenvalue weighted by atomic mass is 10.2. The van der Waals surface area contributed by atoms with Crippen LogP contribution < -0.4 is 5.32 Å². The minimum atomic E-state index is -0.0895. The van der Waals surface area contributed by atoms with Crippen molar-refractivity contribution >= 4 is 18.1 Å². The molecule has 6 nitrogen and oxygen atoms in total. The molecule has 2 aromatic rings. The second-order valence-corrected chi connectivity index (χ2v) is 5.24. The van der Waals surface area contributed by atoms with Gasteiger partial charge in [0.15, 0.2) is 10.6 Å². The van der Waals surface area contributed by atoms with E-state index in [9.17, 15) is 4.79 Å². The summed E-state index contributed by atoms with van der Waals surface area (Å²) in [5, 5.41) is 9.70. The maximum atomic E-state index is 11.9. The van der Waals surface area contributed by atoms with Crippen LogP contribution in [0.5, 0.6) is 0 Å². The molecule has 2 N–H and O–H groups in total. The van der Waals surface area contributed by atoms with Gasteiger partial charge in [-0.1, -0.05) is 19.9 Å². The lowest BCUT2D eigenvalue weighted by Gasteiger charge is -2.09. The highest BCUT2D eigenvalue weighted by molar-refractivity contribution is 7.71. The van der Waals surface area contributed by atoms with E-state index in [1.165, 1.54) is 0 Å². The fourth-order valence-corrected chi connectivity index (χ4v) is 1.87. The van der Waals surface area contributed by atoms with Crippen LogP contribution in [0.3, 0.4) is 0 Å². The molecule has 1 amide bonds. The van der Waals surface area contributed by atoms with Crippen molar-refractivity contribution in [2.45, 2.75) is 20.4 Å². The number of pyridine rings is 1. The predicted octanol–water partition coefficient (Wildman–Crippen LogP) is 1.77. The largest absolute Gasteiger partial charge is 0.354 e. The Morgan fingerprint density at radius 3 is 2.95 bits per heavy atom. The van der Waals surface area contributed by atoms with Gasteiger partial charge in [-0.05, 0) is 30.3 Å². The molecule has 0 aliphatic rings. The summed E-state index contributed by atoms with van der Waals surface area (Å²) in [6, 6.07) is 5.52. The molecule has 0 bridgehead atoms. The molecule has 0 fully saturated rings. The minimum absolute atomic E-state index is 0.0895. The lowest BCUT2D eigenvalue weighted by molar-refractivity contribution is -0.121. The molecule has 0 aliphatic heterocycles. The number of carbonyl (C=O) groups is 1. The van der Waals surface area contributed by atoms with Gasteiger partial charge in [-0.2, -0.15) is 5.10 Å². The Morgan fingerprint density at radius 1 is 1.50 bits per heavy atom.